The molecule has 0 spiro atoms. The number of esters is 1. The summed E-state index contributed by atoms with van der Waals surface area (Å²) in [4.78, 5) is 27.7. The molecule has 0 unspecified atom stereocenters. The van der Waals surface area contributed by atoms with E-state index in [9.17, 15) is 9.59 Å². The van der Waals surface area contributed by atoms with Crippen molar-refractivity contribution in [2.75, 3.05) is 0 Å². The number of carbonyl (C=O) groups is 2. The summed E-state index contributed by atoms with van der Waals surface area (Å²) in [5.41, 5.74) is -0.175. The third-order valence-electron chi connectivity index (χ3n) is 2.26. The molecule has 122 valence electrons. The highest BCUT2D eigenvalue weighted by molar-refractivity contribution is 5.89. The van der Waals surface area contributed by atoms with Crippen molar-refractivity contribution < 1.29 is 19.1 Å². The highest BCUT2D eigenvalue weighted by Crippen LogP contribution is 2.12. The molecule has 1 N–H and O–H groups in total. The molecule has 0 aromatic carbocycles. The van der Waals surface area contributed by atoms with Crippen LogP contribution in [0.15, 0.2) is 18.3 Å². The first kappa shape index (κ1) is 17.9. The normalized spacial score (nSPS) is 11.7. The molecule has 6 nitrogen and oxygen atoms in total. The maximum absolute atomic E-state index is 12.0. The van der Waals surface area contributed by atoms with E-state index in [0.717, 1.165) is 0 Å². The van der Waals surface area contributed by atoms with Crippen LogP contribution < -0.4 is 5.32 Å². The predicted molar refractivity (Wildman–Crippen MR) is 82.5 cm³/mol. The van der Waals surface area contributed by atoms with Crippen LogP contribution in [0.3, 0.4) is 0 Å². The number of pyridine rings is 1. The summed E-state index contributed by atoms with van der Waals surface area (Å²) < 4.78 is 10.4. The molecule has 1 amide bonds. The molecule has 22 heavy (non-hydrogen) atoms. The fraction of sp³-hybridized carbons (Fsp3) is 0.562. The van der Waals surface area contributed by atoms with Gasteiger partial charge in [0.05, 0.1) is 17.8 Å². The van der Waals surface area contributed by atoms with Crippen LogP contribution in [0.4, 0.5) is 4.79 Å². The van der Waals surface area contributed by atoms with Crippen molar-refractivity contribution in [2.45, 2.75) is 59.3 Å². The van der Waals surface area contributed by atoms with Gasteiger partial charge in [0.2, 0.25) is 0 Å². The number of carbonyl (C=O) groups excluding carboxylic acids is 2. The molecule has 0 aliphatic rings. The third-order valence-corrected chi connectivity index (χ3v) is 2.26. The molecular weight excluding hydrogens is 284 g/mol. The van der Waals surface area contributed by atoms with E-state index in [1.54, 1.807) is 53.7 Å². The molecule has 0 atom stereocenters. The first-order valence-electron chi connectivity index (χ1n) is 7.11. The van der Waals surface area contributed by atoms with Gasteiger partial charge in [-0.25, -0.2) is 9.59 Å². The minimum absolute atomic E-state index is 0.172. The average molecular weight is 308 g/mol. The van der Waals surface area contributed by atoms with Crippen LogP contribution in [0.1, 0.15) is 57.6 Å². The summed E-state index contributed by atoms with van der Waals surface area (Å²) >= 11 is 0. The van der Waals surface area contributed by atoms with Crippen molar-refractivity contribution in [1.82, 2.24) is 10.3 Å². The van der Waals surface area contributed by atoms with Gasteiger partial charge in [-0.1, -0.05) is 0 Å². The second-order valence-electron chi connectivity index (χ2n) is 6.89. The SMILES string of the molecule is CC(C)(C)OC(=O)NCc1cc(C(=O)OC(C)(C)C)ccn1. The van der Waals surface area contributed by atoms with Crippen LogP contribution in [0.5, 0.6) is 0 Å². The summed E-state index contributed by atoms with van der Waals surface area (Å²) in [6, 6.07) is 3.16. The van der Waals surface area contributed by atoms with E-state index in [2.05, 4.69) is 10.3 Å². The smallest absolute Gasteiger partial charge is 0.407 e. The standard InChI is InChI=1S/C16H24N2O4/c1-15(2,3)21-13(19)11-7-8-17-12(9-11)10-18-14(20)22-16(4,5)6/h7-9H,10H2,1-6H3,(H,18,20). The van der Waals surface area contributed by atoms with Gasteiger partial charge in [0.15, 0.2) is 0 Å². The molecule has 0 aliphatic heterocycles. The van der Waals surface area contributed by atoms with Crippen molar-refractivity contribution in [3.05, 3.63) is 29.6 Å². The second kappa shape index (κ2) is 6.77. The topological polar surface area (TPSA) is 77.5 Å². The molecule has 1 aromatic heterocycles. The Labute approximate surface area is 131 Å². The number of ether oxygens (including phenoxy) is 2. The molecule has 1 rings (SSSR count). The van der Waals surface area contributed by atoms with Crippen LogP contribution in [0.2, 0.25) is 0 Å². The lowest BCUT2D eigenvalue weighted by Crippen LogP contribution is -2.32. The number of nitrogens with one attached hydrogen (secondary N) is 1. The van der Waals surface area contributed by atoms with Crippen molar-refractivity contribution >= 4 is 12.1 Å². The average Bonchev–Trinajstić information content (AvgIpc) is 2.32. The number of hydrogen-bond donors (Lipinski definition) is 1. The maximum Gasteiger partial charge on any atom is 0.407 e. The van der Waals surface area contributed by atoms with E-state index in [1.165, 1.54) is 6.20 Å². The Hall–Kier alpha value is -2.11. The fourth-order valence-corrected chi connectivity index (χ4v) is 1.52. The van der Waals surface area contributed by atoms with Crippen molar-refractivity contribution in [2.24, 2.45) is 0 Å². The zero-order valence-electron chi connectivity index (χ0n) is 14.0. The summed E-state index contributed by atoms with van der Waals surface area (Å²) in [5.74, 6) is -0.423. The molecule has 0 aliphatic carbocycles. The molecule has 6 heteroatoms. The maximum atomic E-state index is 12.0. The van der Waals surface area contributed by atoms with Gasteiger partial charge in [-0.2, -0.15) is 0 Å². The van der Waals surface area contributed by atoms with Gasteiger partial charge in [-0.05, 0) is 53.7 Å². The first-order chi connectivity index (χ1) is 9.96. The van der Waals surface area contributed by atoms with E-state index in [1.807, 2.05) is 0 Å². The van der Waals surface area contributed by atoms with E-state index < -0.39 is 23.3 Å². The number of alkyl carbamates (subject to hydrolysis) is 1. The Morgan fingerprint density at radius 3 is 2.23 bits per heavy atom. The van der Waals surface area contributed by atoms with E-state index in [4.69, 9.17) is 9.47 Å². The van der Waals surface area contributed by atoms with Crippen molar-refractivity contribution in [3.63, 3.8) is 0 Å². The highest BCUT2D eigenvalue weighted by Gasteiger charge is 2.19. The van der Waals surface area contributed by atoms with Gasteiger partial charge >= 0.3 is 12.1 Å². The van der Waals surface area contributed by atoms with Gasteiger partial charge in [0.25, 0.3) is 0 Å². The molecule has 0 saturated heterocycles. The Kier molecular flexibility index (Phi) is 5.52. The number of hydrogen-bond acceptors (Lipinski definition) is 5. The van der Waals surface area contributed by atoms with Gasteiger partial charge in [0.1, 0.15) is 11.2 Å². The molecule has 0 bridgehead atoms. The van der Waals surface area contributed by atoms with Crippen molar-refractivity contribution in [3.8, 4) is 0 Å². The molecule has 1 heterocycles. The Morgan fingerprint density at radius 1 is 1.09 bits per heavy atom. The fourth-order valence-electron chi connectivity index (χ4n) is 1.52. The number of amides is 1. The van der Waals surface area contributed by atoms with Gasteiger partial charge < -0.3 is 14.8 Å². The number of nitrogens with zero attached hydrogens (tertiary/aromatic N) is 1. The van der Waals surface area contributed by atoms with Crippen LogP contribution in [0, 0.1) is 0 Å². The molecule has 0 radical (unpaired) electrons. The molecular formula is C16H24N2O4. The first-order valence-corrected chi connectivity index (χ1v) is 7.11. The minimum atomic E-state index is -0.560. The lowest BCUT2D eigenvalue weighted by molar-refractivity contribution is 0.00691. The van der Waals surface area contributed by atoms with Gasteiger partial charge in [-0.15, -0.1) is 0 Å². The summed E-state index contributed by atoms with van der Waals surface area (Å²) in [5, 5.41) is 2.59. The molecule has 0 saturated carbocycles. The van der Waals surface area contributed by atoms with Crippen LogP contribution in [-0.4, -0.2) is 28.2 Å². The summed E-state index contributed by atoms with van der Waals surface area (Å²) in [6.45, 7) is 10.9. The highest BCUT2D eigenvalue weighted by atomic mass is 16.6. The molecule has 1 aromatic rings. The number of rotatable bonds is 3. The van der Waals surface area contributed by atoms with E-state index in [-0.39, 0.29) is 6.54 Å². The lowest BCUT2D eigenvalue weighted by Gasteiger charge is -2.20. The zero-order valence-corrected chi connectivity index (χ0v) is 14.0. The largest absolute Gasteiger partial charge is 0.456 e. The number of aromatic nitrogens is 1. The Balaban J connectivity index is 2.65. The Bertz CT molecular complexity index is 542. The van der Waals surface area contributed by atoms with Crippen LogP contribution in [0.25, 0.3) is 0 Å². The Morgan fingerprint density at radius 2 is 1.68 bits per heavy atom. The second-order valence-corrected chi connectivity index (χ2v) is 6.89. The zero-order chi connectivity index (χ0) is 17.0. The van der Waals surface area contributed by atoms with E-state index in [0.29, 0.717) is 11.3 Å². The summed E-state index contributed by atoms with van der Waals surface area (Å²) in [6.07, 6.45) is 0.975. The third kappa shape index (κ3) is 7.06. The van der Waals surface area contributed by atoms with Crippen molar-refractivity contribution in [1.29, 1.82) is 0 Å². The van der Waals surface area contributed by atoms with Gasteiger partial charge in [0, 0.05) is 6.20 Å². The van der Waals surface area contributed by atoms with Crippen LogP contribution in [-0.2, 0) is 16.0 Å². The molecule has 0 fully saturated rings. The minimum Gasteiger partial charge on any atom is -0.456 e. The van der Waals surface area contributed by atoms with E-state index >= 15 is 0 Å². The summed E-state index contributed by atoms with van der Waals surface area (Å²) in [7, 11) is 0. The quantitative estimate of drug-likeness (QED) is 0.868. The monoisotopic (exact) mass is 308 g/mol. The predicted octanol–water partition coefficient (Wildman–Crippen LogP) is 3.06. The lowest BCUT2D eigenvalue weighted by atomic mass is 10.1. The van der Waals surface area contributed by atoms with Crippen LogP contribution >= 0.6 is 0 Å². The van der Waals surface area contributed by atoms with Gasteiger partial charge in [-0.3, -0.25) is 4.98 Å².